The van der Waals surface area contributed by atoms with Crippen molar-refractivity contribution in [1.29, 1.82) is 0 Å². The van der Waals surface area contributed by atoms with Gasteiger partial charge in [0.25, 0.3) is 5.56 Å². The molecule has 3 N–H and O–H groups in total. The van der Waals surface area contributed by atoms with E-state index in [0.29, 0.717) is 30.4 Å². The number of hydrogen-bond acceptors (Lipinski definition) is 9. The van der Waals surface area contributed by atoms with Crippen LogP contribution in [0, 0.1) is 28.6 Å². The molecule has 9 atom stereocenters. The maximum atomic E-state index is 13.2. The van der Waals surface area contributed by atoms with Crippen molar-refractivity contribution in [3.8, 4) is 0 Å². The van der Waals surface area contributed by atoms with Crippen LogP contribution in [0.1, 0.15) is 59.3 Å². The van der Waals surface area contributed by atoms with Crippen molar-refractivity contribution in [2.45, 2.75) is 83.4 Å². The molecule has 4 fully saturated rings. The van der Waals surface area contributed by atoms with Gasteiger partial charge in [-0.05, 0) is 56.1 Å². The summed E-state index contributed by atoms with van der Waals surface area (Å²) in [5, 5.41) is 21.4. The maximum absolute atomic E-state index is 13.2. The standard InChI is InChI=1S/C25H34O6.C7H8N4O2/c1-4-5-21-30-20-11-17-16-7-6-14-10-15(27)8-9-23(14,2)22(16)18(28)12-24(17,3)25(20,31-21)19(29)13-26;1-10-5-4(8-3-9-5)6(12)11(2)7(10)13/h8-10,16-18,20-22,26,28H,4-7,11-13H2,1-3H3;3H,1-2H3,(H,8,9)/t16-,17-,18-,20+,21?,22+,23-,24-,25+;/m0./s1. The Bertz CT molecular complexity index is 1690. The number of carbonyl (C=O) groups excluding carboxylic acids is 2. The van der Waals surface area contributed by atoms with Gasteiger partial charge in [0.05, 0.1) is 18.5 Å². The minimum atomic E-state index is -1.20. The number of aromatic nitrogens is 4. The predicted molar refractivity (Wildman–Crippen MR) is 159 cm³/mol. The minimum absolute atomic E-state index is 0.0125. The minimum Gasteiger partial charge on any atom is -0.393 e. The van der Waals surface area contributed by atoms with E-state index in [2.05, 4.69) is 30.7 Å². The number of Topliss-reactive ketones (excluding diaryl/α,β-unsaturated/α-hetero) is 1. The second-order valence-electron chi connectivity index (χ2n) is 13.5. The first-order valence-electron chi connectivity index (χ1n) is 15.5. The van der Waals surface area contributed by atoms with Gasteiger partial charge in [-0.15, -0.1) is 0 Å². The zero-order chi connectivity index (χ0) is 31.8. The van der Waals surface area contributed by atoms with Crippen molar-refractivity contribution in [3.63, 3.8) is 0 Å². The summed E-state index contributed by atoms with van der Waals surface area (Å²) in [7, 11) is 3.01. The molecule has 0 radical (unpaired) electrons. The Balaban J connectivity index is 0.000000220. The molecule has 1 saturated heterocycles. The van der Waals surface area contributed by atoms with Gasteiger partial charge in [0.1, 0.15) is 12.1 Å². The van der Waals surface area contributed by atoms with Gasteiger partial charge in [-0.2, -0.15) is 0 Å². The molecule has 3 heterocycles. The lowest BCUT2D eigenvalue weighted by Crippen LogP contribution is -2.63. The number of nitrogens with zero attached hydrogens (tertiary/aromatic N) is 3. The predicted octanol–water partition coefficient (Wildman–Crippen LogP) is 1.68. The number of ether oxygens (including phenoxy) is 2. The number of H-pyrrole nitrogens is 1. The average Bonchev–Trinajstić information content (AvgIpc) is 3.68. The third-order valence-electron chi connectivity index (χ3n) is 11.4. The molecular weight excluding hydrogens is 568 g/mol. The molecule has 1 unspecified atom stereocenters. The number of aromatic amines is 1. The number of rotatable bonds is 4. The first-order valence-corrected chi connectivity index (χ1v) is 15.5. The Morgan fingerprint density at radius 3 is 2.66 bits per heavy atom. The maximum Gasteiger partial charge on any atom is 0.332 e. The van der Waals surface area contributed by atoms with E-state index in [1.165, 1.54) is 17.9 Å². The molecule has 0 bridgehead atoms. The highest BCUT2D eigenvalue weighted by Crippen LogP contribution is 2.69. The molecule has 2 aromatic heterocycles. The molecule has 0 aromatic carbocycles. The zero-order valence-electron chi connectivity index (χ0n) is 25.9. The van der Waals surface area contributed by atoms with Crippen LogP contribution in [0.15, 0.2) is 39.7 Å². The van der Waals surface area contributed by atoms with Crippen molar-refractivity contribution < 1.29 is 29.3 Å². The molecular formula is C32H42N4O8. The van der Waals surface area contributed by atoms with Gasteiger partial charge in [0, 0.05) is 30.8 Å². The topological polar surface area (TPSA) is 166 Å². The Morgan fingerprint density at radius 1 is 1.20 bits per heavy atom. The number of aryl methyl sites for hydroxylation is 1. The number of allylic oxidation sites excluding steroid dienone is 4. The number of fused-ring (bicyclic) bond motifs is 8. The second kappa shape index (κ2) is 10.7. The number of aliphatic hydroxyl groups is 2. The lowest BCUT2D eigenvalue weighted by molar-refractivity contribution is -0.200. The highest BCUT2D eigenvalue weighted by atomic mass is 16.7. The van der Waals surface area contributed by atoms with E-state index >= 15 is 0 Å². The van der Waals surface area contributed by atoms with E-state index < -0.39 is 36.1 Å². The quantitative estimate of drug-likeness (QED) is 0.467. The summed E-state index contributed by atoms with van der Waals surface area (Å²) >= 11 is 0. The van der Waals surface area contributed by atoms with Crippen molar-refractivity contribution in [2.24, 2.45) is 42.7 Å². The fraction of sp³-hybridized carbons (Fsp3) is 0.656. The van der Waals surface area contributed by atoms with Gasteiger partial charge >= 0.3 is 5.69 Å². The molecule has 12 nitrogen and oxygen atoms in total. The van der Waals surface area contributed by atoms with Gasteiger partial charge < -0.3 is 24.7 Å². The Hall–Kier alpha value is -3.19. The number of nitrogens with one attached hydrogen (secondary N) is 1. The van der Waals surface area contributed by atoms with Crippen LogP contribution in [0.2, 0.25) is 0 Å². The van der Waals surface area contributed by atoms with Crippen molar-refractivity contribution in [3.05, 3.63) is 51.0 Å². The molecule has 1 aliphatic heterocycles. The number of hydrogen-bond donors (Lipinski definition) is 3. The van der Waals surface area contributed by atoms with E-state index in [9.17, 15) is 29.4 Å². The molecule has 0 spiro atoms. The molecule has 7 rings (SSSR count). The van der Waals surface area contributed by atoms with E-state index in [-0.39, 0.29) is 46.0 Å². The van der Waals surface area contributed by atoms with Gasteiger partial charge in [0.15, 0.2) is 29.1 Å². The number of ketones is 2. The van der Waals surface area contributed by atoms with Crippen LogP contribution in [0.25, 0.3) is 11.2 Å². The summed E-state index contributed by atoms with van der Waals surface area (Å²) in [6.45, 7) is 5.67. The number of imidazole rings is 1. The van der Waals surface area contributed by atoms with Crippen LogP contribution < -0.4 is 11.2 Å². The summed E-state index contributed by atoms with van der Waals surface area (Å²) in [5.74, 6) is 0.0274. The lowest BCUT2D eigenvalue weighted by Gasteiger charge is -2.59. The summed E-state index contributed by atoms with van der Waals surface area (Å²) in [4.78, 5) is 54.6. The first kappa shape index (κ1) is 30.8. The average molecular weight is 611 g/mol. The molecule has 12 heteroatoms. The molecule has 4 aliphatic carbocycles. The van der Waals surface area contributed by atoms with Crippen molar-refractivity contribution >= 4 is 22.7 Å². The van der Waals surface area contributed by atoms with Crippen LogP contribution in [-0.2, 0) is 33.2 Å². The van der Waals surface area contributed by atoms with E-state index in [0.717, 1.165) is 29.4 Å². The molecule has 2 aromatic rings. The highest BCUT2D eigenvalue weighted by Gasteiger charge is 2.75. The Kier molecular flexibility index (Phi) is 7.50. The fourth-order valence-corrected chi connectivity index (χ4v) is 9.39. The molecule has 5 aliphatic rings. The lowest BCUT2D eigenvalue weighted by atomic mass is 9.46. The monoisotopic (exact) mass is 610 g/mol. The second-order valence-corrected chi connectivity index (χ2v) is 13.5. The summed E-state index contributed by atoms with van der Waals surface area (Å²) in [5.41, 5.74) is -1.04. The number of carbonyl (C=O) groups is 2. The molecule has 44 heavy (non-hydrogen) atoms. The summed E-state index contributed by atoms with van der Waals surface area (Å²) in [6.07, 6.45) is 9.71. The normalized spacial score (nSPS) is 38.7. The van der Waals surface area contributed by atoms with Gasteiger partial charge in [-0.3, -0.25) is 23.5 Å². The van der Waals surface area contributed by atoms with Gasteiger partial charge in [0.2, 0.25) is 0 Å². The smallest absolute Gasteiger partial charge is 0.332 e. The summed E-state index contributed by atoms with van der Waals surface area (Å²) in [6, 6.07) is 0. The highest BCUT2D eigenvalue weighted by molar-refractivity contribution is 6.01. The largest absolute Gasteiger partial charge is 0.393 e. The Morgan fingerprint density at radius 2 is 1.95 bits per heavy atom. The van der Waals surface area contributed by atoms with Crippen molar-refractivity contribution in [2.75, 3.05) is 6.61 Å². The molecule has 238 valence electrons. The molecule has 3 saturated carbocycles. The SMILES string of the molecule is CCCC1O[C@@H]2C[C@H]3[C@@H]4CCC5=CC(=O)C=C[C@]5(C)[C@H]4[C@@H](O)C[C@]3(C)[C@]2(C(=O)CO)O1.Cn1c(=O)c2[nH]cnc2n(C)c1=O. The van der Waals surface area contributed by atoms with Gasteiger partial charge in [-0.25, -0.2) is 9.78 Å². The molecule has 0 amide bonds. The first-order chi connectivity index (χ1) is 20.8. The van der Waals surface area contributed by atoms with Crippen molar-refractivity contribution in [1.82, 2.24) is 19.1 Å². The Labute approximate surface area is 254 Å². The van der Waals surface area contributed by atoms with E-state index in [1.54, 1.807) is 19.2 Å². The zero-order valence-corrected chi connectivity index (χ0v) is 25.9. The fourth-order valence-electron chi connectivity index (χ4n) is 9.39. The van der Waals surface area contributed by atoms with Crippen LogP contribution in [-0.4, -0.2) is 71.6 Å². The van der Waals surface area contributed by atoms with Crippen LogP contribution in [0.3, 0.4) is 0 Å². The van der Waals surface area contributed by atoms with Crippen LogP contribution >= 0.6 is 0 Å². The number of aliphatic hydroxyl groups excluding tert-OH is 2. The third kappa shape index (κ3) is 4.14. The summed E-state index contributed by atoms with van der Waals surface area (Å²) < 4.78 is 15.0. The van der Waals surface area contributed by atoms with E-state index in [1.807, 2.05) is 6.08 Å². The van der Waals surface area contributed by atoms with Gasteiger partial charge in [-0.1, -0.05) is 38.8 Å². The van der Waals surface area contributed by atoms with Crippen LogP contribution in [0.5, 0.6) is 0 Å². The third-order valence-corrected chi connectivity index (χ3v) is 11.4. The van der Waals surface area contributed by atoms with Crippen LogP contribution in [0.4, 0.5) is 0 Å². The van der Waals surface area contributed by atoms with E-state index in [4.69, 9.17) is 9.47 Å².